The van der Waals surface area contributed by atoms with Crippen LogP contribution >= 0.6 is 35.0 Å². The molecule has 0 heterocycles. The Morgan fingerprint density at radius 2 is 1.67 bits per heavy atom. The van der Waals surface area contributed by atoms with Crippen LogP contribution in [0.15, 0.2) is 76.5 Å². The molecule has 3 aromatic carbocycles. The Hall–Kier alpha value is -2.92. The van der Waals surface area contributed by atoms with Crippen molar-refractivity contribution in [3.63, 3.8) is 0 Å². The zero-order valence-electron chi connectivity index (χ0n) is 24.8. The maximum absolute atomic E-state index is 14.2. The molecule has 0 saturated carbocycles. The van der Waals surface area contributed by atoms with Crippen molar-refractivity contribution in [2.45, 2.75) is 62.5 Å². The summed E-state index contributed by atoms with van der Waals surface area (Å²) >= 11 is 14.0. The van der Waals surface area contributed by atoms with Crippen LogP contribution in [0.3, 0.4) is 0 Å². The molecule has 0 unspecified atom stereocenters. The van der Waals surface area contributed by atoms with E-state index in [9.17, 15) is 18.0 Å². The van der Waals surface area contributed by atoms with Gasteiger partial charge in [-0.15, -0.1) is 11.8 Å². The molecule has 0 bridgehead atoms. The molecule has 0 aliphatic carbocycles. The van der Waals surface area contributed by atoms with Crippen LogP contribution in [0.5, 0.6) is 5.75 Å². The first-order chi connectivity index (χ1) is 20.4. The van der Waals surface area contributed by atoms with Gasteiger partial charge in [-0.2, -0.15) is 0 Å². The summed E-state index contributed by atoms with van der Waals surface area (Å²) in [5.74, 6) is -0.671. The van der Waals surface area contributed by atoms with E-state index in [1.807, 2.05) is 20.1 Å². The summed E-state index contributed by atoms with van der Waals surface area (Å²) in [4.78, 5) is 29.7. The molecule has 1 N–H and O–H groups in total. The second kappa shape index (κ2) is 15.7. The van der Waals surface area contributed by atoms with Crippen LogP contribution in [-0.4, -0.2) is 56.6 Å². The number of nitrogens with one attached hydrogen (secondary N) is 1. The Kier molecular flexibility index (Phi) is 12.6. The SMILES string of the molecule is CCOc1ccccc1N(CC(=O)N(Cc1ccc(Cl)cc1Cl)[C@@H](C)C(=O)N[C@H](C)CC)S(=O)(=O)c1ccc(SC)cc1. The number of sulfonamides is 1. The average Bonchev–Trinajstić information content (AvgIpc) is 2.99. The number of rotatable bonds is 14. The van der Waals surface area contributed by atoms with Gasteiger partial charge in [-0.05, 0) is 87.5 Å². The van der Waals surface area contributed by atoms with Crippen molar-refractivity contribution in [1.82, 2.24) is 10.2 Å². The van der Waals surface area contributed by atoms with Crippen LogP contribution in [-0.2, 0) is 26.2 Å². The molecule has 0 radical (unpaired) electrons. The van der Waals surface area contributed by atoms with Crippen LogP contribution < -0.4 is 14.4 Å². The minimum atomic E-state index is -4.25. The summed E-state index contributed by atoms with van der Waals surface area (Å²) in [5, 5.41) is 3.65. The fraction of sp³-hybridized carbons (Fsp3) is 0.355. The fourth-order valence-electron chi connectivity index (χ4n) is 4.21. The van der Waals surface area contributed by atoms with E-state index in [2.05, 4.69) is 5.32 Å². The number of benzene rings is 3. The van der Waals surface area contributed by atoms with Crippen LogP contribution in [0, 0.1) is 0 Å². The van der Waals surface area contributed by atoms with E-state index in [0.29, 0.717) is 27.8 Å². The Labute approximate surface area is 268 Å². The van der Waals surface area contributed by atoms with Crippen molar-refractivity contribution in [2.75, 3.05) is 23.7 Å². The second-order valence-corrected chi connectivity index (χ2v) is 13.4. The molecule has 0 aromatic heterocycles. The molecule has 0 fully saturated rings. The lowest BCUT2D eigenvalue weighted by molar-refractivity contribution is -0.139. The number of nitrogens with zero attached hydrogens (tertiary/aromatic N) is 2. The number of hydrogen-bond donors (Lipinski definition) is 1. The van der Waals surface area contributed by atoms with Gasteiger partial charge in [0, 0.05) is 27.5 Å². The Morgan fingerprint density at radius 3 is 2.28 bits per heavy atom. The Bertz CT molecular complexity index is 1520. The number of carbonyl (C=O) groups is 2. The molecule has 12 heteroatoms. The molecule has 232 valence electrons. The highest BCUT2D eigenvalue weighted by Crippen LogP contribution is 2.33. The first-order valence-electron chi connectivity index (χ1n) is 13.8. The van der Waals surface area contributed by atoms with Crippen molar-refractivity contribution in [2.24, 2.45) is 0 Å². The van der Waals surface area contributed by atoms with E-state index in [1.54, 1.807) is 68.4 Å². The lowest BCUT2D eigenvalue weighted by atomic mass is 10.1. The summed E-state index contributed by atoms with van der Waals surface area (Å²) in [6.45, 7) is 6.85. The zero-order chi connectivity index (χ0) is 31.7. The fourth-order valence-corrected chi connectivity index (χ4v) is 6.51. The van der Waals surface area contributed by atoms with Crippen LogP contribution in [0.1, 0.15) is 39.7 Å². The summed E-state index contributed by atoms with van der Waals surface area (Å²) < 4.78 is 35.1. The third-order valence-corrected chi connectivity index (χ3v) is 9.99. The van der Waals surface area contributed by atoms with Gasteiger partial charge in [0.15, 0.2) is 0 Å². The van der Waals surface area contributed by atoms with Gasteiger partial charge in [-0.25, -0.2) is 8.42 Å². The molecular formula is C31H37Cl2N3O5S2. The molecule has 0 spiro atoms. The second-order valence-electron chi connectivity index (χ2n) is 9.84. The predicted molar refractivity (Wildman–Crippen MR) is 175 cm³/mol. The molecule has 8 nitrogen and oxygen atoms in total. The van der Waals surface area contributed by atoms with Crippen molar-refractivity contribution in [3.05, 3.63) is 82.3 Å². The highest BCUT2D eigenvalue weighted by Gasteiger charge is 2.34. The summed E-state index contributed by atoms with van der Waals surface area (Å²) in [7, 11) is -4.25. The molecule has 0 aliphatic rings. The maximum Gasteiger partial charge on any atom is 0.264 e. The van der Waals surface area contributed by atoms with Gasteiger partial charge < -0.3 is 15.0 Å². The van der Waals surface area contributed by atoms with E-state index in [4.69, 9.17) is 27.9 Å². The smallest absolute Gasteiger partial charge is 0.264 e. The molecule has 2 amide bonds. The van der Waals surface area contributed by atoms with Crippen LogP contribution in [0.4, 0.5) is 5.69 Å². The first-order valence-corrected chi connectivity index (χ1v) is 17.3. The van der Waals surface area contributed by atoms with Gasteiger partial charge in [-0.3, -0.25) is 13.9 Å². The summed E-state index contributed by atoms with van der Waals surface area (Å²) in [6.07, 6.45) is 2.60. The van der Waals surface area contributed by atoms with Crippen LogP contribution in [0.25, 0.3) is 0 Å². The number of amides is 2. The molecule has 3 rings (SSSR count). The average molecular weight is 667 g/mol. The molecule has 0 aliphatic heterocycles. The van der Waals surface area contributed by atoms with Crippen molar-refractivity contribution in [1.29, 1.82) is 0 Å². The molecule has 2 atom stereocenters. The monoisotopic (exact) mass is 665 g/mol. The summed E-state index contributed by atoms with van der Waals surface area (Å²) in [6, 6.07) is 16.9. The van der Waals surface area contributed by atoms with Crippen molar-refractivity contribution >= 4 is 62.5 Å². The normalized spacial score (nSPS) is 12.7. The largest absolute Gasteiger partial charge is 0.492 e. The molecule has 3 aromatic rings. The first kappa shape index (κ1) is 34.6. The van der Waals surface area contributed by atoms with Crippen molar-refractivity contribution < 1.29 is 22.7 Å². The number of thioether (sulfide) groups is 1. The number of hydrogen-bond acceptors (Lipinski definition) is 6. The van der Waals surface area contributed by atoms with E-state index in [0.717, 1.165) is 9.20 Å². The number of para-hydroxylation sites is 2. The molecular weight excluding hydrogens is 629 g/mol. The van der Waals surface area contributed by atoms with E-state index in [-0.39, 0.29) is 35.7 Å². The van der Waals surface area contributed by atoms with E-state index < -0.39 is 28.5 Å². The van der Waals surface area contributed by atoms with Gasteiger partial charge in [0.05, 0.1) is 17.2 Å². The zero-order valence-corrected chi connectivity index (χ0v) is 28.0. The maximum atomic E-state index is 14.2. The third kappa shape index (κ3) is 8.81. The minimum Gasteiger partial charge on any atom is -0.492 e. The standard InChI is InChI=1S/C31H37Cl2N3O5S2/c1-6-21(3)34-31(38)22(4)35(19-23-12-13-24(32)18-27(23)33)30(37)20-36(28-10-8-9-11-29(28)41-7-2)43(39,40)26-16-14-25(42-5)15-17-26/h8-18,21-22H,6-7,19-20H2,1-5H3,(H,34,38)/t21-,22+/m1/s1. The molecule has 43 heavy (non-hydrogen) atoms. The van der Waals surface area contributed by atoms with Gasteiger partial charge >= 0.3 is 0 Å². The Morgan fingerprint density at radius 1 is 1.00 bits per heavy atom. The lowest BCUT2D eigenvalue weighted by Crippen LogP contribution is -2.52. The third-order valence-electron chi connectivity index (χ3n) is 6.88. The van der Waals surface area contributed by atoms with Gasteiger partial charge in [0.1, 0.15) is 18.3 Å². The minimum absolute atomic E-state index is 0.0132. The number of carbonyl (C=O) groups excluding carboxylic acids is 2. The van der Waals surface area contributed by atoms with Gasteiger partial charge in [0.2, 0.25) is 11.8 Å². The quantitative estimate of drug-likeness (QED) is 0.194. The van der Waals surface area contributed by atoms with Crippen molar-refractivity contribution in [3.8, 4) is 5.75 Å². The van der Waals surface area contributed by atoms with E-state index >= 15 is 0 Å². The van der Waals surface area contributed by atoms with E-state index in [1.165, 1.54) is 28.8 Å². The van der Waals surface area contributed by atoms with Crippen LogP contribution in [0.2, 0.25) is 10.0 Å². The number of anilines is 1. The Balaban J connectivity index is 2.10. The van der Waals surface area contributed by atoms with Gasteiger partial charge in [-0.1, -0.05) is 48.3 Å². The highest BCUT2D eigenvalue weighted by molar-refractivity contribution is 7.98. The molecule has 0 saturated heterocycles. The highest BCUT2D eigenvalue weighted by atomic mass is 35.5. The van der Waals surface area contributed by atoms with Gasteiger partial charge in [0.25, 0.3) is 10.0 Å². The lowest BCUT2D eigenvalue weighted by Gasteiger charge is -2.33. The predicted octanol–water partition coefficient (Wildman–Crippen LogP) is 6.64. The number of halogens is 2. The summed E-state index contributed by atoms with van der Waals surface area (Å²) in [5.41, 5.74) is 0.757. The number of ether oxygens (including phenoxy) is 1. The topological polar surface area (TPSA) is 96.0 Å².